The Bertz CT molecular complexity index is 1320. The number of para-hydroxylation sites is 1. The maximum Gasteiger partial charge on any atom is 0.272 e. The van der Waals surface area contributed by atoms with Crippen molar-refractivity contribution in [1.29, 1.82) is 0 Å². The number of halogens is 2. The topological polar surface area (TPSA) is 94.8 Å². The molecule has 1 aromatic heterocycles. The van der Waals surface area contributed by atoms with Gasteiger partial charge >= 0.3 is 0 Å². The number of carbonyl (C=O) groups is 2. The van der Waals surface area contributed by atoms with Gasteiger partial charge in [-0.2, -0.15) is 5.10 Å². The van der Waals surface area contributed by atoms with Crippen LogP contribution in [0.15, 0.2) is 72.0 Å². The van der Waals surface area contributed by atoms with Crippen molar-refractivity contribution in [2.45, 2.75) is 26.1 Å². The van der Waals surface area contributed by atoms with E-state index in [9.17, 15) is 14.0 Å². The van der Waals surface area contributed by atoms with Crippen LogP contribution in [0.2, 0.25) is 0 Å². The summed E-state index contributed by atoms with van der Waals surface area (Å²) < 4.78 is 24.5. The van der Waals surface area contributed by atoms with E-state index in [0.29, 0.717) is 35.0 Å². The lowest BCUT2D eigenvalue weighted by atomic mass is 9.94. The van der Waals surface area contributed by atoms with E-state index < -0.39 is 12.8 Å². The Morgan fingerprint density at radius 3 is 2.62 bits per heavy atom. The third-order valence-electron chi connectivity index (χ3n) is 5.85. The first-order chi connectivity index (χ1) is 18.0. The second-order valence-electron chi connectivity index (χ2n) is 8.42. The number of aliphatic imine (C=N–C) groups is 1. The van der Waals surface area contributed by atoms with E-state index in [1.165, 1.54) is 12.3 Å². The summed E-state index contributed by atoms with van der Waals surface area (Å²) >= 11 is 6.12. The highest BCUT2D eigenvalue weighted by atomic mass is 35.5. The van der Waals surface area contributed by atoms with Gasteiger partial charge in [0.15, 0.2) is 11.5 Å². The Balaban J connectivity index is 1.42. The lowest BCUT2D eigenvalue weighted by Crippen LogP contribution is -2.25. The molecular weight excluding hydrogens is 499 g/mol. The number of rotatable bonds is 11. The maximum atomic E-state index is 12.9. The molecule has 0 bridgehead atoms. The number of methoxy groups -OCH3 is 1. The van der Waals surface area contributed by atoms with E-state index in [1.807, 2.05) is 24.3 Å². The molecule has 3 aromatic rings. The molecule has 0 radical (unpaired) electrons. The van der Waals surface area contributed by atoms with Crippen molar-refractivity contribution in [3.63, 3.8) is 0 Å². The molecule has 0 fully saturated rings. The summed E-state index contributed by atoms with van der Waals surface area (Å²) in [4.78, 5) is 29.0. The van der Waals surface area contributed by atoms with Gasteiger partial charge in [-0.15, -0.1) is 0 Å². The Morgan fingerprint density at radius 2 is 1.89 bits per heavy atom. The van der Waals surface area contributed by atoms with E-state index in [4.69, 9.17) is 21.1 Å². The SMILES string of the molecule is COCc1cn(Cc2ccc(CC3C(=O)C=CN=C3Cl)cc2)nc1C(=O)NCc1ccccc1OCF. The van der Waals surface area contributed by atoms with Gasteiger partial charge in [0.25, 0.3) is 5.91 Å². The highest BCUT2D eigenvalue weighted by molar-refractivity contribution is 6.68. The largest absolute Gasteiger partial charge is 0.463 e. The number of hydrogen-bond acceptors (Lipinski definition) is 6. The van der Waals surface area contributed by atoms with Crippen LogP contribution in [0.1, 0.15) is 32.7 Å². The summed E-state index contributed by atoms with van der Waals surface area (Å²) in [5, 5.41) is 7.59. The zero-order valence-electron chi connectivity index (χ0n) is 20.2. The normalized spacial score (nSPS) is 14.9. The van der Waals surface area contributed by atoms with E-state index in [0.717, 1.165) is 11.1 Å². The number of amides is 1. The van der Waals surface area contributed by atoms with Crippen LogP contribution in [0.4, 0.5) is 4.39 Å². The zero-order valence-corrected chi connectivity index (χ0v) is 21.0. The number of carbonyl (C=O) groups excluding carboxylic acids is 2. The van der Waals surface area contributed by atoms with Gasteiger partial charge in [-0.05, 0) is 23.6 Å². The van der Waals surface area contributed by atoms with Crippen LogP contribution < -0.4 is 10.1 Å². The lowest BCUT2D eigenvalue weighted by Gasteiger charge is -2.14. The van der Waals surface area contributed by atoms with Crippen LogP contribution in [-0.4, -0.2) is 40.6 Å². The predicted molar refractivity (Wildman–Crippen MR) is 137 cm³/mol. The molecule has 2 heterocycles. The summed E-state index contributed by atoms with van der Waals surface area (Å²) in [5.41, 5.74) is 3.47. The smallest absolute Gasteiger partial charge is 0.272 e. The number of nitrogens with one attached hydrogen (secondary N) is 1. The number of allylic oxidation sites excluding steroid dienone is 1. The fraction of sp³-hybridized carbons (Fsp3) is 0.259. The lowest BCUT2D eigenvalue weighted by molar-refractivity contribution is -0.116. The first-order valence-electron chi connectivity index (χ1n) is 11.6. The minimum atomic E-state index is -0.952. The summed E-state index contributed by atoms with van der Waals surface area (Å²) in [6, 6.07) is 14.7. The Kier molecular flexibility index (Phi) is 8.81. The molecule has 4 rings (SSSR count). The quantitative estimate of drug-likeness (QED) is 0.405. The number of alkyl halides is 1. The molecule has 8 nitrogen and oxygen atoms in total. The average molecular weight is 525 g/mol. The van der Waals surface area contributed by atoms with Crippen LogP contribution in [0, 0.1) is 5.92 Å². The van der Waals surface area contributed by atoms with Gasteiger partial charge in [0.2, 0.25) is 6.86 Å². The van der Waals surface area contributed by atoms with Gasteiger partial charge in [0.1, 0.15) is 10.9 Å². The molecule has 0 spiro atoms. The maximum absolute atomic E-state index is 12.9. The predicted octanol–water partition coefficient (Wildman–Crippen LogP) is 4.21. The van der Waals surface area contributed by atoms with E-state index >= 15 is 0 Å². The van der Waals surface area contributed by atoms with Gasteiger partial charge in [-0.1, -0.05) is 54.1 Å². The molecule has 1 unspecified atom stereocenters. The Labute approximate surface area is 218 Å². The van der Waals surface area contributed by atoms with Gasteiger partial charge in [0.05, 0.1) is 19.1 Å². The van der Waals surface area contributed by atoms with Crippen LogP contribution in [-0.2, 0) is 35.6 Å². The van der Waals surface area contributed by atoms with Crippen molar-refractivity contribution in [3.05, 3.63) is 95.0 Å². The third-order valence-corrected chi connectivity index (χ3v) is 6.21. The molecule has 2 aromatic carbocycles. The number of benzene rings is 2. The molecule has 0 saturated heterocycles. The van der Waals surface area contributed by atoms with E-state index in [-0.39, 0.29) is 30.5 Å². The van der Waals surface area contributed by atoms with Crippen molar-refractivity contribution in [2.24, 2.45) is 10.9 Å². The molecule has 1 aliphatic rings. The van der Waals surface area contributed by atoms with Gasteiger partial charge < -0.3 is 14.8 Å². The number of ketones is 1. The number of nitrogens with zero attached hydrogens (tertiary/aromatic N) is 3. The molecule has 1 N–H and O–H groups in total. The second-order valence-corrected chi connectivity index (χ2v) is 8.81. The van der Waals surface area contributed by atoms with E-state index in [2.05, 4.69) is 15.4 Å². The molecule has 1 amide bonds. The standard InChI is InChI=1S/C27H26ClFN4O4/c1-36-16-21-15-33(32-25(21)27(35)31-13-20-4-2-3-5-24(20)37-17-29)14-19-8-6-18(7-9-19)12-22-23(34)10-11-30-26(22)28/h2-11,15,22H,12-14,16-17H2,1H3,(H,31,35). The van der Waals surface area contributed by atoms with Gasteiger partial charge in [-0.3, -0.25) is 14.3 Å². The third kappa shape index (κ3) is 6.69. The summed E-state index contributed by atoms with van der Waals surface area (Å²) in [7, 11) is 1.55. The van der Waals surface area contributed by atoms with E-state index in [1.54, 1.807) is 42.3 Å². The fourth-order valence-corrected chi connectivity index (χ4v) is 4.24. The first kappa shape index (κ1) is 26.2. The fourth-order valence-electron chi connectivity index (χ4n) is 4.00. The van der Waals surface area contributed by atoms with Crippen molar-refractivity contribution in [3.8, 4) is 5.75 Å². The minimum absolute atomic E-state index is 0.0597. The van der Waals surface area contributed by atoms with Crippen molar-refractivity contribution < 1.29 is 23.5 Å². The van der Waals surface area contributed by atoms with Gasteiger partial charge in [0, 0.05) is 43.3 Å². The summed E-state index contributed by atoms with van der Waals surface area (Å²) in [6.45, 7) is -0.143. The highest BCUT2D eigenvalue weighted by Gasteiger charge is 2.24. The monoisotopic (exact) mass is 524 g/mol. The first-order valence-corrected chi connectivity index (χ1v) is 12.0. The molecule has 1 atom stereocenters. The van der Waals surface area contributed by atoms with Crippen molar-refractivity contribution in [1.82, 2.24) is 15.1 Å². The number of aromatic nitrogens is 2. The molecule has 1 aliphatic heterocycles. The van der Waals surface area contributed by atoms with Gasteiger partial charge in [-0.25, -0.2) is 9.38 Å². The number of ether oxygens (including phenoxy) is 2. The molecule has 192 valence electrons. The van der Waals surface area contributed by atoms with Crippen molar-refractivity contribution in [2.75, 3.05) is 14.0 Å². The molecule has 0 aliphatic carbocycles. The average Bonchev–Trinajstić information content (AvgIpc) is 3.29. The van der Waals surface area contributed by atoms with Crippen LogP contribution in [0.3, 0.4) is 0 Å². The number of hydrogen-bond donors (Lipinski definition) is 1. The highest BCUT2D eigenvalue weighted by Crippen LogP contribution is 2.20. The van der Waals surface area contributed by atoms with Crippen LogP contribution >= 0.6 is 11.6 Å². The van der Waals surface area contributed by atoms with Crippen LogP contribution in [0.25, 0.3) is 0 Å². The van der Waals surface area contributed by atoms with Crippen LogP contribution in [0.5, 0.6) is 5.75 Å². The summed E-state index contributed by atoms with van der Waals surface area (Å²) in [6.07, 6.45) is 5.09. The molecule has 0 saturated carbocycles. The van der Waals surface area contributed by atoms with Crippen molar-refractivity contribution >= 4 is 28.5 Å². The second kappa shape index (κ2) is 12.4. The summed E-state index contributed by atoms with van der Waals surface area (Å²) in [5.74, 6) is -0.525. The minimum Gasteiger partial charge on any atom is -0.463 e. The molecule has 10 heteroatoms. The zero-order chi connectivity index (χ0) is 26.2. The molecule has 37 heavy (non-hydrogen) atoms. The molecular formula is C27H26ClFN4O4. The Morgan fingerprint density at radius 1 is 1.14 bits per heavy atom. The Hall–Kier alpha value is -3.82.